The van der Waals surface area contributed by atoms with Crippen molar-refractivity contribution in [1.82, 2.24) is 69.1 Å². The minimum Gasteiger partial charge on any atom is -0.508 e. The zero-order chi connectivity index (χ0) is 92.1. The van der Waals surface area contributed by atoms with Crippen LogP contribution in [0.4, 0.5) is 0 Å². The third kappa shape index (κ3) is 38.7. The summed E-state index contributed by atoms with van der Waals surface area (Å²) in [5.41, 5.74) is 25.4. The van der Waals surface area contributed by atoms with Crippen LogP contribution in [0.2, 0.25) is 0 Å². The molecule has 0 aliphatic carbocycles. The maximum Gasteiger partial charge on any atom is 0.326 e. The quantitative estimate of drug-likeness (QED) is 0.0229. The Bertz CT molecular complexity index is 4190. The molecule has 0 spiro atoms. The molecule has 0 bridgehead atoms. The number of rotatable bonds is 58. The van der Waals surface area contributed by atoms with Crippen LogP contribution in [0.3, 0.4) is 0 Å². The van der Waals surface area contributed by atoms with Crippen molar-refractivity contribution < 1.29 is 107 Å². The van der Waals surface area contributed by atoms with Gasteiger partial charge in [-0.15, -0.1) is 0 Å². The Balaban J connectivity index is 1.57. The molecular weight excluding hydrogens is 1610 g/mol. The Morgan fingerprint density at radius 2 is 0.589 bits per heavy atom. The van der Waals surface area contributed by atoms with E-state index in [1.807, 2.05) is 0 Å². The first kappa shape index (κ1) is 104. The lowest BCUT2D eigenvalue weighted by Crippen LogP contribution is -2.61. The molecule has 124 heavy (non-hydrogen) atoms. The molecule has 14 atom stereocenters. The van der Waals surface area contributed by atoms with Gasteiger partial charge >= 0.3 is 23.9 Å². The van der Waals surface area contributed by atoms with Gasteiger partial charge in [-0.3, -0.25) is 76.7 Å². The van der Waals surface area contributed by atoms with Gasteiger partial charge in [0.05, 0.1) is 12.5 Å². The highest BCUT2D eigenvalue weighted by molar-refractivity contribution is 6.01. The third-order valence-corrected chi connectivity index (χ3v) is 19.8. The number of phenolic OH excluding ortho intramolecular Hbond substituents is 1. The molecule has 0 saturated carbocycles. The number of aliphatic carboxylic acids is 4. The molecular formula is C85H123N17O22. The molecule has 4 rings (SSSR count). The Hall–Kier alpha value is -12.5. The number of phenols is 1. The molecule has 0 unspecified atom stereocenters. The molecule has 39 nitrogen and oxygen atoms in total. The topological polar surface area (TPSA) is 652 Å². The van der Waals surface area contributed by atoms with Crippen molar-refractivity contribution in [1.29, 1.82) is 0 Å². The van der Waals surface area contributed by atoms with Crippen LogP contribution >= 0.6 is 0 Å². The highest BCUT2D eigenvalue weighted by Gasteiger charge is 2.39. The molecule has 4 aromatic carbocycles. The molecule has 0 aliphatic rings. The molecule has 0 heterocycles. The molecule has 39 heteroatoms. The van der Waals surface area contributed by atoms with Gasteiger partial charge in [-0.1, -0.05) is 131 Å². The third-order valence-electron chi connectivity index (χ3n) is 19.8. The van der Waals surface area contributed by atoms with E-state index in [1.54, 1.807) is 105 Å². The van der Waals surface area contributed by atoms with E-state index < -0.39 is 223 Å². The lowest BCUT2D eigenvalue weighted by Gasteiger charge is -2.29. The van der Waals surface area contributed by atoms with Crippen molar-refractivity contribution in [2.75, 3.05) is 19.6 Å². The predicted octanol–water partition coefficient (Wildman–Crippen LogP) is -1.29. The monoisotopic (exact) mass is 1730 g/mol. The Morgan fingerprint density at radius 3 is 0.927 bits per heavy atom. The van der Waals surface area contributed by atoms with Gasteiger partial charge in [-0.2, -0.15) is 0 Å². The van der Waals surface area contributed by atoms with Gasteiger partial charge < -0.3 is 118 Å². The molecule has 0 aromatic heterocycles. The minimum absolute atomic E-state index is 0.0727. The number of benzene rings is 4. The average molecular weight is 1740 g/mol. The minimum atomic E-state index is -1.95. The number of aromatic hydroxyl groups is 1. The van der Waals surface area contributed by atoms with E-state index >= 15 is 0 Å². The van der Waals surface area contributed by atoms with Crippen LogP contribution in [0.15, 0.2) is 115 Å². The van der Waals surface area contributed by atoms with Crippen LogP contribution < -0.4 is 92.1 Å². The smallest absolute Gasteiger partial charge is 0.326 e. The van der Waals surface area contributed by atoms with Crippen molar-refractivity contribution in [2.45, 2.75) is 248 Å². The molecule has 26 N–H and O–H groups in total. The first-order valence-electron chi connectivity index (χ1n) is 41.4. The number of hydrogen-bond acceptors (Lipinski definition) is 22. The maximum atomic E-state index is 14.7. The number of carboxylic acids is 4. The summed E-state index contributed by atoms with van der Waals surface area (Å²) in [6.45, 7) is 9.43. The summed E-state index contributed by atoms with van der Waals surface area (Å²) in [4.78, 5) is 235. The summed E-state index contributed by atoms with van der Waals surface area (Å²) < 4.78 is 0. The Kier molecular flexibility index (Phi) is 45.9. The number of nitrogens with one attached hydrogen (secondary N) is 13. The summed E-state index contributed by atoms with van der Waals surface area (Å²) in [5, 5.41) is 82.8. The normalized spacial score (nSPS) is 14.5. The van der Waals surface area contributed by atoms with E-state index in [4.69, 9.17) is 22.9 Å². The van der Waals surface area contributed by atoms with E-state index in [2.05, 4.69) is 69.1 Å². The zero-order valence-corrected chi connectivity index (χ0v) is 70.7. The van der Waals surface area contributed by atoms with Gasteiger partial charge in [0.15, 0.2) is 0 Å². The van der Waals surface area contributed by atoms with Crippen molar-refractivity contribution in [3.05, 3.63) is 138 Å². The van der Waals surface area contributed by atoms with Crippen LogP contribution in [0.25, 0.3) is 0 Å². The van der Waals surface area contributed by atoms with Crippen LogP contribution in [0.5, 0.6) is 5.75 Å². The summed E-state index contributed by atoms with van der Waals surface area (Å²) in [6, 6.07) is 9.32. The fourth-order valence-corrected chi connectivity index (χ4v) is 12.9. The Labute approximate surface area is 719 Å². The van der Waals surface area contributed by atoms with Gasteiger partial charge in [0, 0.05) is 38.5 Å². The molecule has 0 saturated heterocycles. The van der Waals surface area contributed by atoms with Gasteiger partial charge in [-0.05, 0) is 157 Å². The first-order chi connectivity index (χ1) is 58.8. The maximum absolute atomic E-state index is 14.7. The van der Waals surface area contributed by atoms with E-state index in [1.165, 1.54) is 52.0 Å². The number of unbranched alkanes of at least 4 members (excludes halogenated alkanes) is 3. The number of hydrogen-bond donors (Lipinski definition) is 22. The van der Waals surface area contributed by atoms with E-state index in [-0.39, 0.29) is 102 Å². The van der Waals surface area contributed by atoms with Crippen LogP contribution in [0.1, 0.15) is 160 Å². The van der Waals surface area contributed by atoms with Crippen molar-refractivity contribution in [2.24, 2.45) is 34.8 Å². The number of carbonyl (C=O) groups is 17. The van der Waals surface area contributed by atoms with E-state index in [9.17, 15) is 107 Å². The fraction of sp³-hybridized carbons (Fsp3) is 0.518. The largest absolute Gasteiger partial charge is 0.508 e. The predicted molar refractivity (Wildman–Crippen MR) is 453 cm³/mol. The highest BCUT2D eigenvalue weighted by Crippen LogP contribution is 2.18. The number of amides is 13. The first-order valence-corrected chi connectivity index (χ1v) is 41.4. The van der Waals surface area contributed by atoms with Crippen molar-refractivity contribution in [3.8, 4) is 5.75 Å². The lowest BCUT2D eigenvalue weighted by molar-refractivity contribution is -0.142. The highest BCUT2D eigenvalue weighted by atomic mass is 16.4. The molecule has 4 aromatic rings. The fourth-order valence-electron chi connectivity index (χ4n) is 12.9. The van der Waals surface area contributed by atoms with Crippen molar-refractivity contribution >= 4 is 101 Å². The summed E-state index contributed by atoms with van der Waals surface area (Å²) >= 11 is 0. The summed E-state index contributed by atoms with van der Waals surface area (Å²) in [6.07, 6.45) is -3.37. The van der Waals surface area contributed by atoms with Crippen molar-refractivity contribution in [3.63, 3.8) is 0 Å². The molecule has 0 radical (unpaired) electrons. The molecule has 0 aliphatic heterocycles. The standard InChI is InChI=1S/C85H123N17O22/c1-48(2)42-62(79(117)93-57(28-16-19-39-86)74(112)95-61(36-38-69(106)107)77(115)98-64(44-53-24-12-8-13-25-53)82(120)101-67(85(123)124)46-54-26-14-9-15-27-54)97-75(113)58(29-17-20-40-87)92-76(114)60(35-37-68(104)105)91-73(111)51(6)90-84(122)71(49(3)4)102-78(116)59(30-18-21-41-88)94-83(121)66(47-70(108)109)100-81(119)65(45-55-31-33-56(103)34-32-55)99-80(118)63(96-72(110)50(5)89)43-52-22-10-7-11-23-52/h7-15,22-27,31-34,48-51,57-67,71,103H,16-21,28-30,35-47,86-89H2,1-6H3,(H,90,122)(H,91,111)(H,92,114)(H,93,117)(H,94,121)(H,95,112)(H,96,110)(H,97,113)(H,98,115)(H,99,118)(H,100,119)(H,101,120)(H,102,116)(H,104,105)(H,106,107)(H,108,109)(H,123,124)/t50-,51-,57-,58-,59-,60-,61-,62-,63-,64-,65-,66-,67-,71-/m0/s1. The number of nitrogens with two attached hydrogens (primary N) is 4. The van der Waals surface area contributed by atoms with Crippen LogP contribution in [-0.2, 0) is 107 Å². The number of carboxylic acid groups (broad SMARTS) is 4. The van der Waals surface area contributed by atoms with E-state index in [0.29, 0.717) is 41.5 Å². The number of carbonyl (C=O) groups excluding carboxylic acids is 13. The zero-order valence-electron chi connectivity index (χ0n) is 70.7. The van der Waals surface area contributed by atoms with Gasteiger partial charge in [-0.25, -0.2) is 4.79 Å². The molecule has 13 amide bonds. The van der Waals surface area contributed by atoms with Gasteiger partial charge in [0.1, 0.15) is 84.3 Å². The van der Waals surface area contributed by atoms with Gasteiger partial charge in [0.25, 0.3) is 0 Å². The molecule has 680 valence electrons. The van der Waals surface area contributed by atoms with Gasteiger partial charge in [0.2, 0.25) is 76.8 Å². The second-order valence-corrected chi connectivity index (χ2v) is 31.1. The summed E-state index contributed by atoms with van der Waals surface area (Å²) in [7, 11) is 0. The van der Waals surface area contributed by atoms with E-state index in [0.717, 1.165) is 0 Å². The van der Waals surface area contributed by atoms with Crippen LogP contribution in [-0.4, -0.2) is 230 Å². The molecule has 0 fully saturated rings. The SMILES string of the molecule is CC(C)C[C@H](NC(=O)[C@H](CCCCN)NC(=O)[C@H](CCC(=O)O)NC(=O)[C@H](C)NC(=O)[C@@H](NC(=O)[C@H](CCCCN)NC(=O)[C@H](CC(=O)O)NC(=O)[C@H](Cc1ccc(O)cc1)NC(=O)[C@H](Cc1ccccc1)NC(=O)[C@H](C)N)C(C)C)C(=O)N[C@@H](CCCCN)C(=O)N[C@@H](CCC(=O)O)C(=O)N[C@@H](Cc1ccccc1)C(=O)N[C@@H](Cc1ccccc1)C(=O)O. The second-order valence-electron chi connectivity index (χ2n) is 31.1. The lowest BCUT2D eigenvalue weighted by atomic mass is 10.00. The second kappa shape index (κ2) is 54.8. The summed E-state index contributed by atoms with van der Waals surface area (Å²) in [5.74, 6) is -19.9. The Morgan fingerprint density at radius 1 is 0.298 bits per heavy atom. The average Bonchev–Trinajstić information content (AvgIpc) is 0.846. The van der Waals surface area contributed by atoms with Crippen LogP contribution in [0, 0.1) is 11.8 Å².